The summed E-state index contributed by atoms with van der Waals surface area (Å²) in [5.41, 5.74) is 0.795. The number of amides is 2. The van der Waals surface area contributed by atoms with Gasteiger partial charge in [-0.05, 0) is 30.5 Å². The van der Waals surface area contributed by atoms with Gasteiger partial charge in [-0.25, -0.2) is 4.39 Å². The maximum atomic E-state index is 13.1. The van der Waals surface area contributed by atoms with Crippen molar-refractivity contribution >= 4 is 11.8 Å². The van der Waals surface area contributed by atoms with E-state index < -0.39 is 0 Å². The van der Waals surface area contributed by atoms with E-state index >= 15 is 0 Å². The summed E-state index contributed by atoms with van der Waals surface area (Å²) < 4.78 is 13.1. The maximum Gasteiger partial charge on any atom is 0.225 e. The first-order valence-electron chi connectivity index (χ1n) is 7.33. The van der Waals surface area contributed by atoms with Crippen LogP contribution in [-0.4, -0.2) is 30.3 Å². The summed E-state index contributed by atoms with van der Waals surface area (Å²) >= 11 is 0. The Morgan fingerprint density at radius 1 is 1.38 bits per heavy atom. The average molecular weight is 292 g/mol. The van der Waals surface area contributed by atoms with Crippen molar-refractivity contribution in [2.75, 3.05) is 13.6 Å². The van der Waals surface area contributed by atoms with Gasteiger partial charge in [0.2, 0.25) is 11.8 Å². The van der Waals surface area contributed by atoms with Crippen LogP contribution in [-0.2, 0) is 9.59 Å². The zero-order valence-corrected chi connectivity index (χ0v) is 12.4. The fraction of sp³-hybridized carbons (Fsp3) is 0.500. The van der Waals surface area contributed by atoms with Gasteiger partial charge in [0.25, 0.3) is 0 Å². The summed E-state index contributed by atoms with van der Waals surface area (Å²) in [6.45, 7) is 2.62. The van der Waals surface area contributed by atoms with Crippen molar-refractivity contribution in [2.45, 2.75) is 32.2 Å². The van der Waals surface area contributed by atoms with E-state index in [9.17, 15) is 14.0 Å². The molecule has 114 valence electrons. The van der Waals surface area contributed by atoms with Crippen LogP contribution in [0.15, 0.2) is 24.3 Å². The van der Waals surface area contributed by atoms with Crippen LogP contribution in [0.25, 0.3) is 0 Å². The minimum Gasteiger partial charge on any atom is -0.356 e. The number of nitrogens with one attached hydrogen (secondary N) is 1. The molecule has 4 nitrogen and oxygen atoms in total. The Morgan fingerprint density at radius 2 is 2.05 bits per heavy atom. The summed E-state index contributed by atoms with van der Waals surface area (Å²) in [6, 6.07) is 5.69. The molecule has 0 unspecified atom stereocenters. The first kappa shape index (κ1) is 15.5. The van der Waals surface area contributed by atoms with Gasteiger partial charge >= 0.3 is 0 Å². The molecule has 2 amide bonds. The van der Waals surface area contributed by atoms with Crippen LogP contribution in [0.1, 0.15) is 37.8 Å². The Kier molecular flexibility index (Phi) is 4.94. The number of hydrogen-bond acceptors (Lipinski definition) is 2. The number of benzene rings is 1. The van der Waals surface area contributed by atoms with E-state index in [0.29, 0.717) is 19.4 Å². The molecule has 2 rings (SSSR count). The lowest BCUT2D eigenvalue weighted by Gasteiger charge is -2.38. The van der Waals surface area contributed by atoms with Gasteiger partial charge in [0.15, 0.2) is 0 Å². The van der Waals surface area contributed by atoms with Crippen LogP contribution < -0.4 is 5.32 Å². The fourth-order valence-electron chi connectivity index (χ4n) is 2.81. The third-order valence-electron chi connectivity index (χ3n) is 3.96. The molecule has 0 bridgehead atoms. The van der Waals surface area contributed by atoms with Crippen LogP contribution in [0.2, 0.25) is 0 Å². The van der Waals surface area contributed by atoms with Crippen LogP contribution in [0.4, 0.5) is 4.39 Å². The Labute approximate surface area is 124 Å². The Morgan fingerprint density at radius 3 is 2.67 bits per heavy atom. The minimum absolute atomic E-state index is 0.0175. The molecule has 1 aliphatic heterocycles. The standard InChI is InChI=1S/C16H21FN2O2/c1-3-10-18-16(21)13-8-9-14(20)19(2)15(13)11-4-6-12(17)7-5-11/h4-7,13,15H,3,8-10H2,1-2H3,(H,18,21)/t13-,15-/m0/s1. The smallest absolute Gasteiger partial charge is 0.225 e. The second-order valence-corrected chi connectivity index (χ2v) is 5.44. The zero-order valence-electron chi connectivity index (χ0n) is 12.4. The number of hydrogen-bond donors (Lipinski definition) is 1. The van der Waals surface area contributed by atoms with Crippen molar-refractivity contribution in [1.82, 2.24) is 10.2 Å². The van der Waals surface area contributed by atoms with Gasteiger partial charge in [0.05, 0.1) is 12.0 Å². The van der Waals surface area contributed by atoms with Crippen molar-refractivity contribution in [3.8, 4) is 0 Å². The molecule has 2 atom stereocenters. The molecule has 21 heavy (non-hydrogen) atoms. The van der Waals surface area contributed by atoms with Gasteiger partial charge in [-0.1, -0.05) is 19.1 Å². The van der Waals surface area contributed by atoms with E-state index in [1.165, 1.54) is 12.1 Å². The van der Waals surface area contributed by atoms with Gasteiger partial charge in [-0.2, -0.15) is 0 Å². The number of carbonyl (C=O) groups is 2. The highest BCUT2D eigenvalue weighted by molar-refractivity contribution is 5.84. The molecule has 1 aromatic carbocycles. The number of halogens is 1. The quantitative estimate of drug-likeness (QED) is 0.925. The van der Waals surface area contributed by atoms with Crippen molar-refractivity contribution in [3.63, 3.8) is 0 Å². The second kappa shape index (κ2) is 6.70. The Bertz CT molecular complexity index is 516. The lowest BCUT2D eigenvalue weighted by molar-refractivity contribution is -0.141. The van der Waals surface area contributed by atoms with Crippen LogP contribution >= 0.6 is 0 Å². The fourth-order valence-corrected chi connectivity index (χ4v) is 2.81. The predicted octanol–water partition coefficient (Wildman–Crippen LogP) is 2.26. The van der Waals surface area contributed by atoms with Gasteiger partial charge in [0.1, 0.15) is 5.82 Å². The molecular formula is C16H21FN2O2. The van der Waals surface area contributed by atoms with Crippen LogP contribution in [0.5, 0.6) is 0 Å². The molecule has 0 saturated carbocycles. The lowest BCUT2D eigenvalue weighted by atomic mass is 9.84. The van der Waals surface area contributed by atoms with Crippen molar-refractivity contribution in [2.24, 2.45) is 5.92 Å². The highest BCUT2D eigenvalue weighted by Gasteiger charge is 2.38. The van der Waals surface area contributed by atoms with E-state index in [1.807, 2.05) is 6.92 Å². The largest absolute Gasteiger partial charge is 0.356 e. The topological polar surface area (TPSA) is 49.4 Å². The SMILES string of the molecule is CCCNC(=O)[C@H]1CCC(=O)N(C)[C@H]1c1ccc(F)cc1. The number of rotatable bonds is 4. The summed E-state index contributed by atoms with van der Waals surface area (Å²) in [7, 11) is 1.70. The van der Waals surface area contributed by atoms with Crippen molar-refractivity contribution in [3.05, 3.63) is 35.6 Å². The van der Waals surface area contributed by atoms with E-state index in [2.05, 4.69) is 5.32 Å². The number of nitrogens with zero attached hydrogens (tertiary/aromatic N) is 1. The van der Waals surface area contributed by atoms with Crippen molar-refractivity contribution in [1.29, 1.82) is 0 Å². The lowest BCUT2D eigenvalue weighted by Crippen LogP contribution is -2.46. The molecule has 0 radical (unpaired) electrons. The van der Waals surface area contributed by atoms with Gasteiger partial charge in [-0.15, -0.1) is 0 Å². The highest BCUT2D eigenvalue weighted by Crippen LogP contribution is 2.35. The summed E-state index contributed by atoms with van der Waals surface area (Å²) in [5, 5.41) is 2.90. The molecule has 5 heteroatoms. The summed E-state index contributed by atoms with van der Waals surface area (Å²) in [5.74, 6) is -0.630. The Balaban J connectivity index is 2.26. The molecule has 1 fully saturated rings. The predicted molar refractivity (Wildman–Crippen MR) is 77.9 cm³/mol. The molecule has 0 spiro atoms. The third kappa shape index (κ3) is 3.40. The van der Waals surface area contributed by atoms with Gasteiger partial charge in [-0.3, -0.25) is 9.59 Å². The molecule has 1 saturated heterocycles. The van der Waals surface area contributed by atoms with Crippen LogP contribution in [0, 0.1) is 11.7 Å². The van der Waals surface area contributed by atoms with Crippen LogP contribution in [0.3, 0.4) is 0 Å². The summed E-state index contributed by atoms with van der Waals surface area (Å²) in [6.07, 6.45) is 1.77. The second-order valence-electron chi connectivity index (χ2n) is 5.44. The highest BCUT2D eigenvalue weighted by atomic mass is 19.1. The first-order chi connectivity index (χ1) is 10.0. The van der Waals surface area contributed by atoms with Gasteiger partial charge in [0, 0.05) is 20.0 Å². The molecule has 0 aromatic heterocycles. The normalized spacial score (nSPS) is 22.2. The Hall–Kier alpha value is -1.91. The molecule has 1 aromatic rings. The number of likely N-dealkylation sites (tertiary alicyclic amines) is 1. The van der Waals surface area contributed by atoms with Gasteiger partial charge < -0.3 is 10.2 Å². The van der Waals surface area contributed by atoms with E-state index in [1.54, 1.807) is 24.1 Å². The average Bonchev–Trinajstić information content (AvgIpc) is 2.48. The third-order valence-corrected chi connectivity index (χ3v) is 3.96. The van der Waals surface area contributed by atoms with E-state index in [0.717, 1.165) is 12.0 Å². The molecule has 1 heterocycles. The van der Waals surface area contributed by atoms with Crippen molar-refractivity contribution < 1.29 is 14.0 Å². The zero-order chi connectivity index (χ0) is 15.4. The first-order valence-corrected chi connectivity index (χ1v) is 7.33. The number of carbonyl (C=O) groups excluding carboxylic acids is 2. The summed E-state index contributed by atoms with van der Waals surface area (Å²) in [4.78, 5) is 25.9. The molecular weight excluding hydrogens is 271 g/mol. The molecule has 1 aliphatic rings. The van der Waals surface area contributed by atoms with E-state index in [-0.39, 0.29) is 29.6 Å². The molecule has 0 aliphatic carbocycles. The number of piperidine rings is 1. The molecule has 1 N–H and O–H groups in total. The monoisotopic (exact) mass is 292 g/mol. The maximum absolute atomic E-state index is 13.1. The minimum atomic E-state index is -0.330. The van der Waals surface area contributed by atoms with E-state index in [4.69, 9.17) is 0 Å².